The third-order valence-corrected chi connectivity index (χ3v) is 13.1. The van der Waals surface area contributed by atoms with Crippen LogP contribution in [0.25, 0.3) is 111 Å². The van der Waals surface area contributed by atoms with E-state index in [0.29, 0.717) is 60.7 Å². The Kier molecular flexibility index (Phi) is 10.2. The number of aromatic nitrogens is 4. The van der Waals surface area contributed by atoms with Crippen molar-refractivity contribution >= 4 is 43.6 Å². The number of nitrogens with zero attached hydrogens (tertiary/aromatic N) is 4. The predicted octanol–water partition coefficient (Wildman–Crippen LogP) is 16.7. The van der Waals surface area contributed by atoms with Gasteiger partial charge in [0.15, 0.2) is 23.3 Å². The molecule has 4 aromatic heterocycles. The van der Waals surface area contributed by atoms with Crippen molar-refractivity contribution in [1.29, 1.82) is 0 Å². The molecule has 0 unspecified atom stereocenters. The van der Waals surface area contributed by atoms with Gasteiger partial charge in [-0.3, -0.25) is 9.97 Å². The summed E-state index contributed by atoms with van der Waals surface area (Å²) in [6.07, 6.45) is -1.84. The van der Waals surface area contributed by atoms with E-state index in [4.69, 9.17) is 0 Å². The Bertz CT molecular complexity index is 4040. The lowest BCUT2D eigenvalue weighted by molar-refractivity contribution is -0.137. The minimum absolute atomic E-state index is 0.269. The van der Waals surface area contributed by atoms with Crippen molar-refractivity contribution in [3.05, 3.63) is 229 Å². The molecule has 0 radical (unpaired) electrons. The first-order valence-corrected chi connectivity index (χ1v) is 22.3. The first-order chi connectivity index (χ1) is 34.4. The molecule has 12 rings (SSSR count). The average molecular weight is 949 g/mol. The molecule has 71 heavy (non-hydrogen) atoms. The first kappa shape index (κ1) is 43.4. The van der Waals surface area contributed by atoms with Gasteiger partial charge in [0.25, 0.3) is 0 Å². The van der Waals surface area contributed by atoms with Crippen molar-refractivity contribution in [2.45, 2.75) is 6.18 Å². The van der Waals surface area contributed by atoms with Crippen LogP contribution in [0.5, 0.6) is 0 Å². The van der Waals surface area contributed by atoms with E-state index in [2.05, 4.69) is 9.97 Å². The number of pyridine rings is 2. The molecular formula is C59H32F8N4. The summed E-state index contributed by atoms with van der Waals surface area (Å²) in [5.74, 6) is -11.3. The molecule has 8 aromatic carbocycles. The van der Waals surface area contributed by atoms with E-state index < -0.39 is 63.3 Å². The van der Waals surface area contributed by atoms with Gasteiger partial charge >= 0.3 is 6.18 Å². The van der Waals surface area contributed by atoms with Gasteiger partial charge < -0.3 is 9.13 Å². The number of rotatable bonds is 7. The highest BCUT2D eigenvalue weighted by Gasteiger charge is 2.38. The summed E-state index contributed by atoms with van der Waals surface area (Å²) in [7, 11) is 0. The van der Waals surface area contributed by atoms with Crippen LogP contribution in [0.15, 0.2) is 194 Å². The quantitative estimate of drug-likeness (QED) is 0.0907. The highest BCUT2D eigenvalue weighted by molar-refractivity contribution is 6.12. The molecule has 12 aromatic rings. The van der Waals surface area contributed by atoms with Gasteiger partial charge in [-0.05, 0) is 59.7 Å². The summed E-state index contributed by atoms with van der Waals surface area (Å²) in [5.41, 5.74) is 2.33. The molecule has 0 fully saturated rings. The van der Waals surface area contributed by atoms with Crippen LogP contribution in [0.2, 0.25) is 0 Å². The molecule has 0 spiro atoms. The molecule has 0 aliphatic carbocycles. The van der Waals surface area contributed by atoms with E-state index in [0.717, 1.165) is 23.3 Å². The average Bonchev–Trinajstić information content (AvgIpc) is 3.92. The third-order valence-electron chi connectivity index (χ3n) is 13.1. The molecule has 12 heteroatoms. The maximum Gasteiger partial charge on any atom is 0.418 e. The number of halogens is 8. The maximum absolute atomic E-state index is 16.5. The van der Waals surface area contributed by atoms with Crippen LogP contribution in [-0.4, -0.2) is 19.1 Å². The fraction of sp³-hybridized carbons (Fsp3) is 0.0169. The highest BCUT2D eigenvalue weighted by atomic mass is 19.4. The highest BCUT2D eigenvalue weighted by Crippen LogP contribution is 2.47. The standard InChI is InChI=1S/C59H32F8N4/c60-54-53(55(61)57(63)58(64)56(54)62)43-29-52(71-48-18-10-8-16-40(48)42-24-20-36(28-50(42)71)38-22-26-46(69-32-38)34-13-5-2-6-14-34)44(59(65,66)67)30-51(43)70-47-17-9-7-15-39(47)41-23-19-35(27-49(41)70)37-21-25-45(68-31-37)33-11-3-1-4-12-33/h1-32H. The van der Waals surface area contributed by atoms with Gasteiger partial charge in [0.05, 0.1) is 56.0 Å². The van der Waals surface area contributed by atoms with Crippen LogP contribution in [0.4, 0.5) is 35.1 Å². The van der Waals surface area contributed by atoms with Crippen LogP contribution in [0.1, 0.15) is 5.56 Å². The van der Waals surface area contributed by atoms with Crippen molar-refractivity contribution in [2.75, 3.05) is 0 Å². The lowest BCUT2D eigenvalue weighted by Crippen LogP contribution is -2.14. The second kappa shape index (κ2) is 16.7. The second-order valence-corrected chi connectivity index (χ2v) is 17.1. The second-order valence-electron chi connectivity index (χ2n) is 17.1. The number of fused-ring (bicyclic) bond motifs is 6. The van der Waals surface area contributed by atoms with Gasteiger partial charge in [-0.1, -0.05) is 133 Å². The molecule has 0 aliphatic heterocycles. The lowest BCUT2D eigenvalue weighted by atomic mass is 9.96. The monoisotopic (exact) mass is 948 g/mol. The van der Waals surface area contributed by atoms with E-state index in [9.17, 15) is 4.39 Å². The summed E-state index contributed by atoms with van der Waals surface area (Å²) in [5, 5.41) is 2.17. The molecular weight excluding hydrogens is 917 g/mol. The summed E-state index contributed by atoms with van der Waals surface area (Å²) in [4.78, 5) is 9.31. The minimum atomic E-state index is -5.15. The van der Waals surface area contributed by atoms with Crippen LogP contribution in [-0.2, 0) is 6.18 Å². The van der Waals surface area contributed by atoms with Crippen LogP contribution >= 0.6 is 0 Å². The zero-order valence-electron chi connectivity index (χ0n) is 36.8. The molecule has 0 atom stereocenters. The van der Waals surface area contributed by atoms with Crippen molar-refractivity contribution < 1.29 is 35.1 Å². The van der Waals surface area contributed by atoms with Crippen molar-refractivity contribution in [3.63, 3.8) is 0 Å². The predicted molar refractivity (Wildman–Crippen MR) is 263 cm³/mol. The van der Waals surface area contributed by atoms with E-state index in [1.165, 1.54) is 9.13 Å². The Labute approximate surface area is 399 Å². The first-order valence-electron chi connectivity index (χ1n) is 22.3. The topological polar surface area (TPSA) is 35.6 Å². The fourth-order valence-electron chi connectivity index (χ4n) is 9.72. The number of hydrogen-bond acceptors (Lipinski definition) is 2. The lowest BCUT2D eigenvalue weighted by Gasteiger charge is -2.23. The summed E-state index contributed by atoms with van der Waals surface area (Å²) >= 11 is 0. The summed E-state index contributed by atoms with van der Waals surface area (Å²) in [6, 6.07) is 51.9. The van der Waals surface area contributed by atoms with Gasteiger partial charge in [0, 0.05) is 61.8 Å². The van der Waals surface area contributed by atoms with E-state index in [1.807, 2.05) is 97.1 Å². The largest absolute Gasteiger partial charge is 0.418 e. The Morgan fingerprint density at radius 3 is 1.20 bits per heavy atom. The van der Waals surface area contributed by atoms with Crippen LogP contribution in [0.3, 0.4) is 0 Å². The van der Waals surface area contributed by atoms with Gasteiger partial charge in [-0.15, -0.1) is 0 Å². The van der Waals surface area contributed by atoms with Gasteiger partial charge in [0.2, 0.25) is 5.82 Å². The van der Waals surface area contributed by atoms with Crippen molar-refractivity contribution in [3.8, 4) is 67.3 Å². The fourth-order valence-corrected chi connectivity index (χ4v) is 9.72. The Morgan fingerprint density at radius 2 is 0.746 bits per heavy atom. The smallest absolute Gasteiger partial charge is 0.309 e. The van der Waals surface area contributed by atoms with Gasteiger partial charge in [0.1, 0.15) is 0 Å². The Balaban J connectivity index is 1.14. The molecule has 4 nitrogen and oxygen atoms in total. The zero-order valence-corrected chi connectivity index (χ0v) is 36.8. The molecule has 0 bridgehead atoms. The van der Waals surface area contributed by atoms with Crippen LogP contribution < -0.4 is 0 Å². The molecule has 0 saturated heterocycles. The van der Waals surface area contributed by atoms with E-state index >= 15 is 30.7 Å². The molecule has 0 saturated carbocycles. The molecule has 0 amide bonds. The summed E-state index contributed by atoms with van der Waals surface area (Å²) in [6.45, 7) is 0. The zero-order chi connectivity index (χ0) is 48.7. The Hall–Kier alpha value is -8.90. The molecule has 344 valence electrons. The summed E-state index contributed by atoms with van der Waals surface area (Å²) < 4.78 is 130. The normalized spacial score (nSPS) is 11.9. The molecule has 4 heterocycles. The molecule has 0 aliphatic rings. The SMILES string of the molecule is Fc1c(F)c(F)c(-c2cc(-n3c4ccccc4c4ccc(-c5ccc(-c6ccccc6)nc5)cc43)c(C(F)(F)F)cc2-n2c3ccccc3c3ccc(-c4ccc(-c5ccccc5)nc4)cc32)c(F)c1F. The maximum atomic E-state index is 16.5. The minimum Gasteiger partial charge on any atom is -0.309 e. The van der Waals surface area contributed by atoms with Gasteiger partial charge in [-0.25, -0.2) is 22.0 Å². The van der Waals surface area contributed by atoms with E-state index in [-0.39, 0.29) is 16.6 Å². The number of hydrogen-bond donors (Lipinski definition) is 0. The number of benzene rings is 8. The number of para-hydroxylation sites is 2. The van der Waals surface area contributed by atoms with Crippen molar-refractivity contribution in [1.82, 2.24) is 19.1 Å². The number of alkyl halides is 3. The van der Waals surface area contributed by atoms with Gasteiger partial charge in [-0.2, -0.15) is 13.2 Å². The van der Waals surface area contributed by atoms with Crippen LogP contribution in [0, 0.1) is 29.1 Å². The van der Waals surface area contributed by atoms with Crippen molar-refractivity contribution in [2.24, 2.45) is 0 Å². The Morgan fingerprint density at radius 1 is 0.338 bits per heavy atom. The third kappa shape index (κ3) is 7.12. The molecule has 0 N–H and O–H groups in total. The van der Waals surface area contributed by atoms with E-state index in [1.54, 1.807) is 85.2 Å².